The van der Waals surface area contributed by atoms with Crippen molar-refractivity contribution in [1.29, 1.82) is 0 Å². The Morgan fingerprint density at radius 1 is 1.57 bits per heavy atom. The fraction of sp³-hybridized carbons (Fsp3) is 0.700. The molecule has 1 aromatic rings. The highest BCUT2D eigenvalue weighted by Crippen LogP contribution is 2.39. The van der Waals surface area contributed by atoms with Crippen molar-refractivity contribution in [3.8, 4) is 0 Å². The van der Waals surface area contributed by atoms with Crippen LogP contribution in [0.3, 0.4) is 0 Å². The molecule has 14 heavy (non-hydrogen) atoms. The highest BCUT2D eigenvalue weighted by atomic mass is 32.1. The number of aromatic nitrogens is 1. The van der Waals surface area contributed by atoms with Crippen molar-refractivity contribution in [3.05, 3.63) is 16.6 Å². The van der Waals surface area contributed by atoms with E-state index in [9.17, 15) is 5.11 Å². The molecule has 0 unspecified atom stereocenters. The van der Waals surface area contributed by atoms with Crippen molar-refractivity contribution >= 4 is 11.3 Å². The van der Waals surface area contributed by atoms with E-state index in [1.54, 1.807) is 11.3 Å². The first-order valence-corrected chi connectivity index (χ1v) is 5.93. The van der Waals surface area contributed by atoms with Crippen LogP contribution in [0.1, 0.15) is 30.7 Å². The second-order valence-electron chi connectivity index (χ2n) is 4.05. The fourth-order valence-corrected chi connectivity index (χ4v) is 3.06. The Hall–Kier alpha value is -0.450. The molecule has 0 saturated heterocycles. The maximum absolute atomic E-state index is 9.48. The average molecular weight is 212 g/mol. The molecule has 1 heterocycles. The number of thiazole rings is 1. The average Bonchev–Trinajstić information content (AvgIpc) is 2.73. The smallest absolute Gasteiger partial charge is 0.0999 e. The summed E-state index contributed by atoms with van der Waals surface area (Å²) in [6, 6.07) is 0. The summed E-state index contributed by atoms with van der Waals surface area (Å²) in [5.74, 6) is 0. The zero-order chi connectivity index (χ0) is 10.0. The van der Waals surface area contributed by atoms with Gasteiger partial charge < -0.3 is 10.8 Å². The van der Waals surface area contributed by atoms with E-state index in [1.165, 1.54) is 0 Å². The number of nitrogens with two attached hydrogens (primary N) is 1. The molecule has 3 N–H and O–H groups in total. The topological polar surface area (TPSA) is 59.1 Å². The summed E-state index contributed by atoms with van der Waals surface area (Å²) in [4.78, 5) is 4.36. The molecule has 0 bridgehead atoms. The van der Waals surface area contributed by atoms with Crippen LogP contribution in [0.2, 0.25) is 0 Å². The lowest BCUT2D eigenvalue weighted by Crippen LogP contribution is -2.40. The number of hydrogen-bond acceptors (Lipinski definition) is 4. The predicted molar refractivity (Wildman–Crippen MR) is 57.3 cm³/mol. The van der Waals surface area contributed by atoms with E-state index in [0.717, 1.165) is 30.7 Å². The third kappa shape index (κ3) is 1.69. The van der Waals surface area contributed by atoms with Crippen molar-refractivity contribution in [1.82, 2.24) is 4.98 Å². The molecule has 1 aromatic heterocycles. The summed E-state index contributed by atoms with van der Waals surface area (Å²) >= 11 is 1.68. The van der Waals surface area contributed by atoms with Crippen LogP contribution in [0, 0.1) is 0 Å². The molecule has 4 heteroatoms. The molecule has 0 atom stereocenters. The first-order chi connectivity index (χ1) is 6.77. The van der Waals surface area contributed by atoms with Gasteiger partial charge in [0.2, 0.25) is 0 Å². The van der Waals surface area contributed by atoms with Crippen LogP contribution in [0.5, 0.6) is 0 Å². The second-order valence-corrected chi connectivity index (χ2v) is 4.95. The van der Waals surface area contributed by atoms with Gasteiger partial charge in [-0.2, -0.15) is 0 Å². The molecule has 1 aliphatic rings. The van der Waals surface area contributed by atoms with Crippen molar-refractivity contribution in [2.75, 3.05) is 6.54 Å². The summed E-state index contributed by atoms with van der Waals surface area (Å²) in [6.45, 7) is 0.646. The van der Waals surface area contributed by atoms with Crippen molar-refractivity contribution < 1.29 is 5.11 Å². The van der Waals surface area contributed by atoms with E-state index in [0.29, 0.717) is 6.54 Å². The fourth-order valence-electron chi connectivity index (χ4n) is 2.15. The van der Waals surface area contributed by atoms with Gasteiger partial charge in [-0.3, -0.25) is 0 Å². The highest BCUT2D eigenvalue weighted by Gasteiger charge is 2.37. The molecule has 0 radical (unpaired) electrons. The number of rotatable bonds is 2. The molecule has 3 nitrogen and oxygen atoms in total. The minimum atomic E-state index is -0.130. The van der Waals surface area contributed by atoms with Crippen LogP contribution >= 0.6 is 11.3 Å². The van der Waals surface area contributed by atoms with Crippen LogP contribution in [0.4, 0.5) is 0 Å². The Balaban J connectivity index is 2.19. The second kappa shape index (κ2) is 3.96. The number of aliphatic hydroxyl groups is 1. The minimum absolute atomic E-state index is 0.0490. The molecule has 0 amide bonds. The quantitative estimate of drug-likeness (QED) is 0.776. The molecule has 2 rings (SSSR count). The summed E-state index contributed by atoms with van der Waals surface area (Å²) in [5.41, 5.74) is 5.91. The van der Waals surface area contributed by atoms with E-state index < -0.39 is 0 Å². The van der Waals surface area contributed by atoms with Crippen LogP contribution in [0.25, 0.3) is 0 Å². The normalized spacial score (nSPS) is 33.1. The standard InChI is InChI=1S/C10H16N2OS/c11-7-10(9-12-5-6-14-9)3-1-8(13)2-4-10/h5-6,8,13H,1-4,7,11H2. The highest BCUT2D eigenvalue weighted by molar-refractivity contribution is 7.09. The van der Waals surface area contributed by atoms with Gasteiger partial charge in [-0.15, -0.1) is 11.3 Å². The van der Waals surface area contributed by atoms with Gasteiger partial charge in [0.15, 0.2) is 0 Å². The van der Waals surface area contributed by atoms with Crippen LogP contribution in [-0.4, -0.2) is 22.7 Å². The summed E-state index contributed by atoms with van der Waals surface area (Å²) < 4.78 is 0. The van der Waals surface area contributed by atoms with Crippen LogP contribution < -0.4 is 5.73 Å². The Morgan fingerprint density at radius 3 is 2.79 bits per heavy atom. The zero-order valence-electron chi connectivity index (χ0n) is 8.15. The van der Waals surface area contributed by atoms with E-state index in [-0.39, 0.29) is 11.5 Å². The van der Waals surface area contributed by atoms with Crippen LogP contribution in [-0.2, 0) is 5.41 Å². The van der Waals surface area contributed by atoms with Gasteiger partial charge in [0.25, 0.3) is 0 Å². The molecule has 78 valence electrons. The van der Waals surface area contributed by atoms with E-state index in [4.69, 9.17) is 5.73 Å². The number of aliphatic hydroxyl groups excluding tert-OH is 1. The molecule has 0 aromatic carbocycles. The van der Waals surface area contributed by atoms with Gasteiger partial charge >= 0.3 is 0 Å². The lowest BCUT2D eigenvalue weighted by atomic mass is 9.73. The minimum Gasteiger partial charge on any atom is -0.393 e. The largest absolute Gasteiger partial charge is 0.393 e. The van der Waals surface area contributed by atoms with Crippen molar-refractivity contribution in [2.45, 2.75) is 37.2 Å². The predicted octanol–water partition coefficient (Wildman–Crippen LogP) is 1.27. The van der Waals surface area contributed by atoms with Gasteiger partial charge in [-0.1, -0.05) is 0 Å². The van der Waals surface area contributed by atoms with Crippen molar-refractivity contribution in [2.24, 2.45) is 5.73 Å². The van der Waals surface area contributed by atoms with Gasteiger partial charge in [-0.05, 0) is 25.7 Å². The molecule has 0 spiro atoms. The SMILES string of the molecule is NCC1(c2nccs2)CCC(O)CC1. The van der Waals surface area contributed by atoms with Gasteiger partial charge in [0.05, 0.1) is 11.1 Å². The monoisotopic (exact) mass is 212 g/mol. The first kappa shape index (κ1) is 10.1. The van der Waals surface area contributed by atoms with E-state index in [1.807, 2.05) is 11.6 Å². The maximum Gasteiger partial charge on any atom is 0.0999 e. The van der Waals surface area contributed by atoms with Gasteiger partial charge in [0.1, 0.15) is 0 Å². The Bertz CT molecular complexity index is 278. The van der Waals surface area contributed by atoms with E-state index >= 15 is 0 Å². The van der Waals surface area contributed by atoms with Crippen molar-refractivity contribution in [3.63, 3.8) is 0 Å². The lowest BCUT2D eigenvalue weighted by molar-refractivity contribution is 0.0974. The summed E-state index contributed by atoms with van der Waals surface area (Å²) in [5, 5.41) is 12.6. The molecule has 0 aliphatic heterocycles. The zero-order valence-corrected chi connectivity index (χ0v) is 8.96. The molecule has 1 aliphatic carbocycles. The number of nitrogens with zero attached hydrogens (tertiary/aromatic N) is 1. The molecular formula is C10H16N2OS. The Kier molecular flexibility index (Phi) is 2.85. The van der Waals surface area contributed by atoms with Crippen LogP contribution in [0.15, 0.2) is 11.6 Å². The van der Waals surface area contributed by atoms with E-state index in [2.05, 4.69) is 4.98 Å². The lowest BCUT2D eigenvalue weighted by Gasteiger charge is -2.36. The molecular weight excluding hydrogens is 196 g/mol. The third-order valence-electron chi connectivity index (χ3n) is 3.19. The maximum atomic E-state index is 9.48. The molecule has 1 fully saturated rings. The number of hydrogen-bond donors (Lipinski definition) is 2. The third-order valence-corrected chi connectivity index (χ3v) is 4.21. The first-order valence-electron chi connectivity index (χ1n) is 5.05. The van der Waals surface area contributed by atoms with Gasteiger partial charge in [-0.25, -0.2) is 4.98 Å². The Morgan fingerprint density at radius 2 is 2.29 bits per heavy atom. The summed E-state index contributed by atoms with van der Waals surface area (Å²) in [6.07, 6.45) is 5.36. The molecule has 1 saturated carbocycles. The van der Waals surface area contributed by atoms with Gasteiger partial charge in [0, 0.05) is 23.5 Å². The Labute approximate surface area is 88.0 Å². The summed E-state index contributed by atoms with van der Waals surface area (Å²) in [7, 11) is 0.